The number of nitrogens with two attached hydrogens (primary N) is 1. The minimum Gasteiger partial charge on any atom is -0.408 e. The van der Waals surface area contributed by atoms with Crippen LogP contribution in [0.15, 0.2) is 51.7 Å². The summed E-state index contributed by atoms with van der Waals surface area (Å²) in [6, 6.07) is 12.5. The van der Waals surface area contributed by atoms with Crippen molar-refractivity contribution in [3.8, 4) is 0 Å². The number of hydrogen-bond donors (Lipinski definition) is 1. The van der Waals surface area contributed by atoms with Gasteiger partial charge in [-0.25, -0.2) is 4.79 Å². The van der Waals surface area contributed by atoms with E-state index >= 15 is 0 Å². The van der Waals surface area contributed by atoms with Crippen molar-refractivity contribution in [2.75, 3.05) is 5.73 Å². The number of aromatic nitrogens is 1. The Morgan fingerprint density at radius 3 is 2.74 bits per heavy atom. The Bertz CT molecular complexity index is 784. The summed E-state index contributed by atoms with van der Waals surface area (Å²) < 4.78 is 6.70. The molecule has 3 aromatic rings. The first-order valence-corrected chi connectivity index (χ1v) is 6.16. The maximum atomic E-state index is 11.9. The Balaban J connectivity index is 2.16. The van der Waals surface area contributed by atoms with Crippen molar-refractivity contribution in [1.82, 2.24) is 4.57 Å². The van der Waals surface area contributed by atoms with Gasteiger partial charge in [0.25, 0.3) is 0 Å². The van der Waals surface area contributed by atoms with Crippen molar-refractivity contribution in [3.63, 3.8) is 0 Å². The van der Waals surface area contributed by atoms with E-state index in [0.29, 0.717) is 22.8 Å². The van der Waals surface area contributed by atoms with Gasteiger partial charge in [-0.1, -0.05) is 29.8 Å². The molecule has 2 aromatic carbocycles. The maximum Gasteiger partial charge on any atom is 0.420 e. The lowest BCUT2D eigenvalue weighted by Crippen LogP contribution is -2.16. The Morgan fingerprint density at radius 1 is 1.16 bits per heavy atom. The maximum absolute atomic E-state index is 11.9. The summed E-state index contributed by atoms with van der Waals surface area (Å²) in [4.78, 5) is 11.9. The standard InChI is InChI=1S/C14H11ClN2O2/c15-10-4-3-5-11(16)9(10)8-17-12-6-1-2-7-13(12)19-14(17)18/h1-7H,8,16H2. The summed E-state index contributed by atoms with van der Waals surface area (Å²) >= 11 is 6.12. The molecule has 19 heavy (non-hydrogen) atoms. The number of nitrogens with zero attached hydrogens (tertiary/aromatic N) is 1. The lowest BCUT2D eigenvalue weighted by molar-refractivity contribution is 0.518. The SMILES string of the molecule is Nc1cccc(Cl)c1Cn1c(=O)oc2ccccc21. The fraction of sp³-hybridized carbons (Fsp3) is 0.0714. The van der Waals surface area contributed by atoms with E-state index < -0.39 is 5.76 Å². The zero-order chi connectivity index (χ0) is 13.4. The lowest BCUT2D eigenvalue weighted by Gasteiger charge is -2.08. The molecule has 0 saturated heterocycles. The lowest BCUT2D eigenvalue weighted by atomic mass is 10.2. The molecule has 0 aliphatic heterocycles. The van der Waals surface area contributed by atoms with Crippen LogP contribution in [-0.2, 0) is 6.54 Å². The molecule has 5 heteroatoms. The van der Waals surface area contributed by atoms with E-state index in [1.807, 2.05) is 18.2 Å². The fourth-order valence-corrected chi connectivity index (χ4v) is 2.31. The number of rotatable bonds is 2. The fourth-order valence-electron chi connectivity index (χ4n) is 2.06. The third-order valence-corrected chi connectivity index (χ3v) is 3.40. The highest BCUT2D eigenvalue weighted by atomic mass is 35.5. The van der Waals surface area contributed by atoms with Gasteiger partial charge in [-0.05, 0) is 24.3 Å². The van der Waals surface area contributed by atoms with Crippen LogP contribution in [0.4, 0.5) is 5.69 Å². The van der Waals surface area contributed by atoms with Crippen LogP contribution in [-0.4, -0.2) is 4.57 Å². The topological polar surface area (TPSA) is 61.2 Å². The van der Waals surface area contributed by atoms with Gasteiger partial charge in [0, 0.05) is 16.3 Å². The van der Waals surface area contributed by atoms with Crippen LogP contribution < -0.4 is 11.5 Å². The molecule has 0 saturated carbocycles. The van der Waals surface area contributed by atoms with Gasteiger partial charge in [-0.3, -0.25) is 4.57 Å². The number of nitrogen functional groups attached to an aromatic ring is 1. The van der Waals surface area contributed by atoms with Gasteiger partial charge in [0.2, 0.25) is 0 Å². The predicted octanol–water partition coefficient (Wildman–Crippen LogP) is 2.88. The van der Waals surface area contributed by atoms with Crippen molar-refractivity contribution in [3.05, 3.63) is 63.6 Å². The summed E-state index contributed by atoms with van der Waals surface area (Å²) in [5.74, 6) is -0.416. The normalized spacial score (nSPS) is 11.0. The first-order valence-electron chi connectivity index (χ1n) is 5.78. The zero-order valence-corrected chi connectivity index (χ0v) is 10.7. The van der Waals surface area contributed by atoms with E-state index in [-0.39, 0.29) is 0 Å². The van der Waals surface area contributed by atoms with Gasteiger partial charge >= 0.3 is 5.76 Å². The smallest absolute Gasteiger partial charge is 0.408 e. The molecular weight excluding hydrogens is 264 g/mol. The molecule has 96 valence electrons. The van der Waals surface area contributed by atoms with Crippen LogP contribution in [0.1, 0.15) is 5.56 Å². The Hall–Kier alpha value is -2.20. The van der Waals surface area contributed by atoms with E-state index in [1.54, 1.807) is 24.3 Å². The summed E-state index contributed by atoms with van der Waals surface area (Å²) in [6.45, 7) is 0.293. The molecule has 0 spiro atoms. The van der Waals surface area contributed by atoms with Crippen molar-refractivity contribution in [2.24, 2.45) is 0 Å². The molecule has 0 aliphatic rings. The number of anilines is 1. The van der Waals surface area contributed by atoms with Crippen molar-refractivity contribution in [1.29, 1.82) is 0 Å². The van der Waals surface area contributed by atoms with Gasteiger partial charge < -0.3 is 10.2 Å². The molecule has 0 bridgehead atoms. The highest BCUT2D eigenvalue weighted by molar-refractivity contribution is 6.31. The molecule has 0 amide bonds. The average Bonchev–Trinajstić information content (AvgIpc) is 2.70. The van der Waals surface area contributed by atoms with Gasteiger partial charge in [0.15, 0.2) is 5.58 Å². The van der Waals surface area contributed by atoms with Crippen molar-refractivity contribution >= 4 is 28.4 Å². The summed E-state index contributed by atoms with van der Waals surface area (Å²) in [6.07, 6.45) is 0. The number of oxazole rings is 1. The number of benzene rings is 2. The van der Waals surface area contributed by atoms with Crippen LogP contribution in [0.5, 0.6) is 0 Å². The van der Waals surface area contributed by atoms with E-state index in [1.165, 1.54) is 4.57 Å². The predicted molar refractivity (Wildman–Crippen MR) is 75.4 cm³/mol. The summed E-state index contributed by atoms with van der Waals surface area (Å²) in [5.41, 5.74) is 8.46. The molecule has 0 unspecified atom stereocenters. The van der Waals surface area contributed by atoms with Crippen LogP contribution in [0.25, 0.3) is 11.1 Å². The molecule has 1 heterocycles. The number of hydrogen-bond acceptors (Lipinski definition) is 3. The summed E-state index contributed by atoms with van der Waals surface area (Å²) in [5, 5.41) is 0.539. The second-order valence-electron chi connectivity index (χ2n) is 4.23. The summed E-state index contributed by atoms with van der Waals surface area (Å²) in [7, 11) is 0. The minimum absolute atomic E-state index is 0.293. The van der Waals surface area contributed by atoms with Gasteiger partial charge in [-0.15, -0.1) is 0 Å². The molecule has 0 aliphatic carbocycles. The monoisotopic (exact) mass is 274 g/mol. The van der Waals surface area contributed by atoms with Crippen LogP contribution >= 0.6 is 11.6 Å². The second-order valence-corrected chi connectivity index (χ2v) is 4.64. The number of halogens is 1. The van der Waals surface area contributed by atoms with Gasteiger partial charge in [0.1, 0.15) is 0 Å². The molecule has 0 radical (unpaired) electrons. The Labute approximate surface area is 114 Å². The molecule has 4 nitrogen and oxygen atoms in total. The average molecular weight is 275 g/mol. The van der Waals surface area contributed by atoms with Gasteiger partial charge in [-0.2, -0.15) is 0 Å². The van der Waals surface area contributed by atoms with E-state index in [2.05, 4.69) is 0 Å². The number of para-hydroxylation sites is 2. The molecule has 2 N–H and O–H groups in total. The third kappa shape index (κ3) is 2.00. The van der Waals surface area contributed by atoms with E-state index in [4.69, 9.17) is 21.8 Å². The van der Waals surface area contributed by atoms with Crippen molar-refractivity contribution < 1.29 is 4.42 Å². The highest BCUT2D eigenvalue weighted by Crippen LogP contribution is 2.24. The third-order valence-electron chi connectivity index (χ3n) is 3.05. The molecule has 0 fully saturated rings. The molecule has 0 atom stereocenters. The quantitative estimate of drug-likeness (QED) is 0.731. The van der Waals surface area contributed by atoms with Crippen LogP contribution in [0.3, 0.4) is 0 Å². The minimum atomic E-state index is -0.416. The molecule has 3 rings (SSSR count). The van der Waals surface area contributed by atoms with E-state index in [9.17, 15) is 4.79 Å². The molecular formula is C14H11ClN2O2. The highest BCUT2D eigenvalue weighted by Gasteiger charge is 2.12. The first-order chi connectivity index (χ1) is 9.16. The Morgan fingerprint density at radius 2 is 1.95 bits per heavy atom. The first kappa shape index (κ1) is 11.9. The Kier molecular flexibility index (Phi) is 2.80. The van der Waals surface area contributed by atoms with Crippen LogP contribution in [0.2, 0.25) is 5.02 Å². The second kappa shape index (κ2) is 4.48. The van der Waals surface area contributed by atoms with Crippen LogP contribution in [0, 0.1) is 0 Å². The van der Waals surface area contributed by atoms with Crippen molar-refractivity contribution in [2.45, 2.75) is 6.54 Å². The van der Waals surface area contributed by atoms with Gasteiger partial charge in [0.05, 0.1) is 12.1 Å². The zero-order valence-electron chi connectivity index (χ0n) is 9.97. The van der Waals surface area contributed by atoms with E-state index in [0.717, 1.165) is 11.1 Å². The number of fused-ring (bicyclic) bond motifs is 1. The largest absolute Gasteiger partial charge is 0.420 e. The molecule has 1 aromatic heterocycles.